The smallest absolute Gasteiger partial charge is 0.227 e. The molecule has 3 nitrogen and oxygen atoms in total. The molecule has 0 fully saturated rings. The van der Waals surface area contributed by atoms with Gasteiger partial charge < -0.3 is 4.90 Å². The Balaban J connectivity index is 1.62. The van der Waals surface area contributed by atoms with Crippen LogP contribution in [0.25, 0.3) is 0 Å². The first-order chi connectivity index (χ1) is 18.5. The van der Waals surface area contributed by atoms with E-state index in [0.29, 0.717) is 6.54 Å². The minimum absolute atomic E-state index is 0.0459. The number of hydrogen-bond donors (Lipinski definition) is 0. The van der Waals surface area contributed by atoms with Crippen molar-refractivity contribution in [2.45, 2.75) is 52.4 Å². The fraction of sp³-hybridized carbons (Fsp3) is 0.286. The Kier molecular flexibility index (Phi) is 9.51. The number of nitrogens with zero attached hydrogens (tertiary/aromatic N) is 2. The molecule has 0 aliphatic heterocycles. The van der Waals surface area contributed by atoms with Crippen molar-refractivity contribution in [3.05, 3.63) is 144 Å². The zero-order valence-electron chi connectivity index (χ0n) is 23.1. The molecule has 4 aromatic carbocycles. The standard InChI is InChI=1S/C35H40N2O/c1-27(25-36(26-31-17-9-5-10-18-31)28(2)32-19-11-6-12-20-32)35(38)37(29(3)33-21-13-7-14-22-33)30(4)34-23-15-8-16-24-34/h5-24,27-30H,25-26H2,1-4H3/t27-,28-,29-,30-/m1/s1. The maximum Gasteiger partial charge on any atom is 0.227 e. The van der Waals surface area contributed by atoms with Gasteiger partial charge in [0.2, 0.25) is 5.91 Å². The minimum atomic E-state index is -0.179. The maximum absolute atomic E-state index is 14.3. The van der Waals surface area contributed by atoms with E-state index >= 15 is 0 Å². The molecule has 196 valence electrons. The molecule has 4 atom stereocenters. The maximum atomic E-state index is 14.3. The molecule has 0 heterocycles. The summed E-state index contributed by atoms with van der Waals surface area (Å²) in [7, 11) is 0. The van der Waals surface area contributed by atoms with Gasteiger partial charge in [-0.25, -0.2) is 0 Å². The summed E-state index contributed by atoms with van der Waals surface area (Å²) in [6, 6.07) is 41.9. The second-order valence-corrected chi connectivity index (χ2v) is 10.3. The SMILES string of the molecule is C[C@H](CN(Cc1ccccc1)[C@H](C)c1ccccc1)C(=O)N([C@H](C)c1ccccc1)[C@H](C)c1ccccc1. The summed E-state index contributed by atoms with van der Waals surface area (Å²) in [5.74, 6) is -0.00164. The highest BCUT2D eigenvalue weighted by molar-refractivity contribution is 5.79. The lowest BCUT2D eigenvalue weighted by Gasteiger charge is -2.39. The molecule has 0 aliphatic carbocycles. The molecule has 0 N–H and O–H groups in total. The van der Waals surface area contributed by atoms with E-state index in [1.807, 2.05) is 36.4 Å². The van der Waals surface area contributed by atoms with Crippen LogP contribution in [0, 0.1) is 5.92 Å². The van der Waals surface area contributed by atoms with E-state index in [-0.39, 0.29) is 30.0 Å². The van der Waals surface area contributed by atoms with Crippen LogP contribution in [-0.2, 0) is 11.3 Å². The van der Waals surface area contributed by atoms with Gasteiger partial charge in [-0.3, -0.25) is 9.69 Å². The number of rotatable bonds is 11. The Bertz CT molecular complexity index is 1200. The van der Waals surface area contributed by atoms with Crippen molar-refractivity contribution < 1.29 is 4.79 Å². The topological polar surface area (TPSA) is 23.6 Å². The monoisotopic (exact) mass is 504 g/mol. The van der Waals surface area contributed by atoms with E-state index in [9.17, 15) is 4.79 Å². The van der Waals surface area contributed by atoms with Crippen LogP contribution < -0.4 is 0 Å². The van der Waals surface area contributed by atoms with Crippen molar-refractivity contribution in [3.8, 4) is 0 Å². The summed E-state index contributed by atoms with van der Waals surface area (Å²) in [6.07, 6.45) is 0. The Hall–Kier alpha value is -3.69. The molecule has 0 radical (unpaired) electrons. The first kappa shape index (κ1) is 27.3. The van der Waals surface area contributed by atoms with Crippen molar-refractivity contribution in [1.82, 2.24) is 9.80 Å². The van der Waals surface area contributed by atoms with Gasteiger partial charge in [-0.05, 0) is 43.0 Å². The van der Waals surface area contributed by atoms with E-state index in [1.54, 1.807) is 0 Å². The summed E-state index contributed by atoms with van der Waals surface area (Å²) < 4.78 is 0. The summed E-state index contributed by atoms with van der Waals surface area (Å²) in [6.45, 7) is 10.1. The Morgan fingerprint density at radius 2 is 0.921 bits per heavy atom. The average molecular weight is 505 g/mol. The first-order valence-electron chi connectivity index (χ1n) is 13.7. The van der Waals surface area contributed by atoms with Crippen molar-refractivity contribution >= 4 is 5.91 Å². The van der Waals surface area contributed by atoms with Gasteiger partial charge in [0.05, 0.1) is 12.1 Å². The predicted octanol–water partition coefficient (Wildman–Crippen LogP) is 8.24. The van der Waals surface area contributed by atoms with Gasteiger partial charge >= 0.3 is 0 Å². The zero-order valence-corrected chi connectivity index (χ0v) is 23.1. The quantitative estimate of drug-likeness (QED) is 0.205. The highest BCUT2D eigenvalue weighted by atomic mass is 16.2. The van der Waals surface area contributed by atoms with Gasteiger partial charge in [0.1, 0.15) is 0 Å². The van der Waals surface area contributed by atoms with Crippen LogP contribution >= 0.6 is 0 Å². The molecule has 0 saturated carbocycles. The number of carbonyl (C=O) groups excluding carboxylic acids is 1. The second-order valence-electron chi connectivity index (χ2n) is 10.3. The summed E-state index contributed by atoms with van der Waals surface area (Å²) in [5.41, 5.74) is 4.81. The van der Waals surface area contributed by atoms with Gasteiger partial charge in [-0.1, -0.05) is 128 Å². The molecule has 0 aromatic heterocycles. The zero-order chi connectivity index (χ0) is 26.9. The van der Waals surface area contributed by atoms with Crippen LogP contribution in [0.15, 0.2) is 121 Å². The fourth-order valence-corrected chi connectivity index (χ4v) is 5.31. The highest BCUT2D eigenvalue weighted by Gasteiger charge is 2.32. The first-order valence-corrected chi connectivity index (χ1v) is 13.7. The van der Waals surface area contributed by atoms with Crippen LogP contribution in [0.4, 0.5) is 0 Å². The predicted molar refractivity (Wildman–Crippen MR) is 157 cm³/mol. The van der Waals surface area contributed by atoms with Gasteiger partial charge in [0.25, 0.3) is 0 Å². The molecule has 3 heteroatoms. The van der Waals surface area contributed by atoms with Gasteiger partial charge in [-0.2, -0.15) is 0 Å². The van der Waals surface area contributed by atoms with Crippen LogP contribution in [0.2, 0.25) is 0 Å². The van der Waals surface area contributed by atoms with Crippen LogP contribution in [0.1, 0.15) is 68.1 Å². The van der Waals surface area contributed by atoms with E-state index in [0.717, 1.165) is 17.7 Å². The Morgan fingerprint density at radius 3 is 1.34 bits per heavy atom. The van der Waals surface area contributed by atoms with Crippen molar-refractivity contribution in [2.24, 2.45) is 5.92 Å². The lowest BCUT2D eigenvalue weighted by molar-refractivity contribution is -0.140. The second kappa shape index (κ2) is 13.2. The van der Waals surface area contributed by atoms with E-state index < -0.39 is 0 Å². The molecule has 0 unspecified atom stereocenters. The molecule has 0 aliphatic rings. The third-order valence-corrected chi connectivity index (χ3v) is 7.64. The minimum Gasteiger partial charge on any atom is -0.329 e. The molecule has 0 saturated heterocycles. The Labute approximate surface area is 228 Å². The molecule has 4 rings (SSSR count). The van der Waals surface area contributed by atoms with Gasteiger partial charge in [-0.15, -0.1) is 0 Å². The van der Waals surface area contributed by atoms with Crippen molar-refractivity contribution in [1.29, 1.82) is 0 Å². The third kappa shape index (κ3) is 6.79. The summed E-state index contributed by atoms with van der Waals surface area (Å²) >= 11 is 0. The molecule has 1 amide bonds. The van der Waals surface area contributed by atoms with Crippen molar-refractivity contribution in [3.63, 3.8) is 0 Å². The van der Waals surface area contributed by atoms with Gasteiger partial charge in [0, 0.05) is 25.0 Å². The fourth-order valence-electron chi connectivity index (χ4n) is 5.31. The molecule has 4 aromatic rings. The largest absolute Gasteiger partial charge is 0.329 e. The number of carbonyl (C=O) groups is 1. The van der Waals surface area contributed by atoms with E-state index in [1.165, 1.54) is 11.1 Å². The molecule has 0 spiro atoms. The van der Waals surface area contributed by atoms with Crippen molar-refractivity contribution in [2.75, 3.05) is 6.54 Å². The van der Waals surface area contributed by atoms with E-state index in [4.69, 9.17) is 0 Å². The average Bonchev–Trinajstić information content (AvgIpc) is 2.98. The normalized spacial score (nSPS) is 14.4. The third-order valence-electron chi connectivity index (χ3n) is 7.64. The number of amides is 1. The van der Waals surface area contributed by atoms with Crippen LogP contribution in [-0.4, -0.2) is 22.3 Å². The lowest BCUT2D eigenvalue weighted by Crippen LogP contribution is -2.43. The molecular formula is C35H40N2O. The highest BCUT2D eigenvalue weighted by Crippen LogP contribution is 2.33. The number of benzene rings is 4. The van der Waals surface area contributed by atoms with E-state index in [2.05, 4.69) is 122 Å². The van der Waals surface area contributed by atoms with Crippen LogP contribution in [0.3, 0.4) is 0 Å². The molecular weight excluding hydrogens is 464 g/mol. The van der Waals surface area contributed by atoms with Gasteiger partial charge in [0.15, 0.2) is 0 Å². The number of hydrogen-bond acceptors (Lipinski definition) is 2. The Morgan fingerprint density at radius 1 is 0.553 bits per heavy atom. The summed E-state index contributed by atoms with van der Waals surface area (Å²) in [4.78, 5) is 18.8. The van der Waals surface area contributed by atoms with Crippen LogP contribution in [0.5, 0.6) is 0 Å². The lowest BCUT2D eigenvalue weighted by atomic mass is 9.97. The molecule has 0 bridgehead atoms. The molecule has 38 heavy (non-hydrogen) atoms. The summed E-state index contributed by atoms with van der Waals surface area (Å²) in [5, 5.41) is 0.